The van der Waals surface area contributed by atoms with E-state index in [-0.39, 0.29) is 23.4 Å². The monoisotopic (exact) mass is 426 g/mol. The number of carbonyl (C=O) groups is 2. The minimum Gasteiger partial charge on any atom is -0.364 e. The predicted molar refractivity (Wildman–Crippen MR) is 124 cm³/mol. The van der Waals surface area contributed by atoms with Gasteiger partial charge < -0.3 is 20.5 Å². The Kier molecular flexibility index (Phi) is 3.74. The molecule has 162 valence electrons. The minimum atomic E-state index is -0.719. The van der Waals surface area contributed by atoms with Gasteiger partial charge in [-0.3, -0.25) is 9.59 Å². The highest BCUT2D eigenvalue weighted by Crippen LogP contribution is 2.60. The van der Waals surface area contributed by atoms with E-state index in [1.54, 1.807) is 4.90 Å². The summed E-state index contributed by atoms with van der Waals surface area (Å²) in [6, 6.07) is 14.8. The molecule has 32 heavy (non-hydrogen) atoms. The Morgan fingerprint density at radius 3 is 2.66 bits per heavy atom. The highest BCUT2D eigenvalue weighted by atomic mass is 16.2. The zero-order chi connectivity index (χ0) is 22.3. The minimum absolute atomic E-state index is 0.0774. The summed E-state index contributed by atoms with van der Waals surface area (Å²) >= 11 is 0. The van der Waals surface area contributed by atoms with Crippen LogP contribution < -0.4 is 10.6 Å². The van der Waals surface area contributed by atoms with Crippen LogP contribution in [0.25, 0.3) is 10.9 Å². The number of aromatic nitrogens is 1. The number of amides is 2. The number of carbonyl (C=O) groups excluding carboxylic acids is 2. The maximum atomic E-state index is 14.0. The number of hydrogen-bond donors (Lipinski definition) is 3. The van der Waals surface area contributed by atoms with Gasteiger partial charge in [0.2, 0.25) is 5.91 Å². The molecule has 6 rings (SSSR count). The fourth-order valence-electron chi connectivity index (χ4n) is 6.16. The quantitative estimate of drug-likeness (QED) is 0.557. The Balaban J connectivity index is 1.49. The van der Waals surface area contributed by atoms with Gasteiger partial charge in [0, 0.05) is 33.8 Å². The summed E-state index contributed by atoms with van der Waals surface area (Å²) in [4.78, 5) is 32.4. The first-order valence-corrected chi connectivity index (χ1v) is 11.1. The van der Waals surface area contributed by atoms with Gasteiger partial charge in [-0.05, 0) is 29.5 Å². The van der Waals surface area contributed by atoms with Crippen LogP contribution in [-0.2, 0) is 15.0 Å². The molecule has 4 heterocycles. The van der Waals surface area contributed by atoms with Crippen molar-refractivity contribution in [3.05, 3.63) is 78.5 Å². The van der Waals surface area contributed by atoms with Gasteiger partial charge in [0.25, 0.3) is 5.91 Å². The summed E-state index contributed by atoms with van der Waals surface area (Å²) in [6.07, 6.45) is 4.03. The third-order valence-corrected chi connectivity index (χ3v) is 7.98. The zero-order valence-electron chi connectivity index (χ0n) is 18.2. The molecule has 6 heteroatoms. The molecule has 0 aliphatic carbocycles. The molecule has 3 aliphatic heterocycles. The number of nitrogens with one attached hydrogen (secondary N) is 3. The molecule has 2 aromatic carbocycles. The summed E-state index contributed by atoms with van der Waals surface area (Å²) in [5.74, 6) is -0.181. The number of fused-ring (bicyclic) bond motifs is 6. The van der Waals surface area contributed by atoms with Crippen LogP contribution in [0.3, 0.4) is 0 Å². The topological polar surface area (TPSA) is 77.2 Å². The van der Waals surface area contributed by atoms with Crippen molar-refractivity contribution in [2.24, 2.45) is 5.41 Å². The molecule has 2 fully saturated rings. The summed E-state index contributed by atoms with van der Waals surface area (Å²) < 4.78 is 0. The lowest BCUT2D eigenvalue weighted by Crippen LogP contribution is -2.61. The van der Waals surface area contributed by atoms with E-state index in [9.17, 15) is 9.59 Å². The third-order valence-electron chi connectivity index (χ3n) is 7.98. The van der Waals surface area contributed by atoms with Crippen LogP contribution in [-0.4, -0.2) is 33.9 Å². The van der Waals surface area contributed by atoms with E-state index in [0.29, 0.717) is 6.42 Å². The number of para-hydroxylation sites is 2. The van der Waals surface area contributed by atoms with Crippen molar-refractivity contribution < 1.29 is 9.59 Å². The maximum Gasteiger partial charge on any atom is 0.252 e. The Morgan fingerprint density at radius 1 is 1.09 bits per heavy atom. The number of allylic oxidation sites excluding steroid dienone is 1. The maximum absolute atomic E-state index is 14.0. The molecule has 0 saturated carbocycles. The van der Waals surface area contributed by atoms with Gasteiger partial charge in [0.1, 0.15) is 18.2 Å². The lowest BCUT2D eigenvalue weighted by Gasteiger charge is -2.44. The largest absolute Gasteiger partial charge is 0.364 e. The van der Waals surface area contributed by atoms with E-state index in [2.05, 4.69) is 48.2 Å². The smallest absolute Gasteiger partial charge is 0.252 e. The molecule has 0 radical (unpaired) electrons. The van der Waals surface area contributed by atoms with Crippen molar-refractivity contribution in [3.63, 3.8) is 0 Å². The van der Waals surface area contributed by atoms with Crippen LogP contribution >= 0.6 is 0 Å². The van der Waals surface area contributed by atoms with Gasteiger partial charge in [-0.25, -0.2) is 0 Å². The molecule has 0 unspecified atom stereocenters. The molecule has 3 aliphatic rings. The average Bonchev–Trinajstić information content (AvgIpc) is 3.46. The van der Waals surface area contributed by atoms with Crippen molar-refractivity contribution in [2.75, 3.05) is 5.32 Å². The molecular weight excluding hydrogens is 400 g/mol. The van der Waals surface area contributed by atoms with Crippen LogP contribution in [0, 0.1) is 5.41 Å². The highest BCUT2D eigenvalue weighted by Gasteiger charge is 2.67. The molecule has 3 aromatic rings. The Morgan fingerprint density at radius 2 is 1.84 bits per heavy atom. The second-order valence-corrected chi connectivity index (χ2v) is 9.69. The van der Waals surface area contributed by atoms with Crippen LogP contribution in [0.1, 0.15) is 37.4 Å². The molecule has 6 nitrogen and oxygen atoms in total. The molecule has 2 amide bonds. The number of H-pyrrole nitrogens is 1. The molecule has 1 aromatic heterocycles. The number of aromatic amines is 1. The van der Waals surface area contributed by atoms with Crippen LogP contribution in [0.15, 0.2) is 67.4 Å². The summed E-state index contributed by atoms with van der Waals surface area (Å²) in [7, 11) is 0. The van der Waals surface area contributed by atoms with E-state index in [1.165, 1.54) is 0 Å². The molecule has 0 bridgehead atoms. The van der Waals surface area contributed by atoms with Gasteiger partial charge in [0.05, 0.1) is 0 Å². The van der Waals surface area contributed by atoms with Crippen molar-refractivity contribution in [1.29, 1.82) is 0 Å². The van der Waals surface area contributed by atoms with Gasteiger partial charge in [-0.15, -0.1) is 6.58 Å². The molecule has 4 atom stereocenters. The van der Waals surface area contributed by atoms with E-state index in [4.69, 9.17) is 0 Å². The van der Waals surface area contributed by atoms with E-state index >= 15 is 0 Å². The van der Waals surface area contributed by atoms with Crippen molar-refractivity contribution in [1.82, 2.24) is 15.2 Å². The Labute approximate surface area is 186 Å². The first kappa shape index (κ1) is 19.2. The normalized spacial score (nSPS) is 28.7. The number of nitrogens with zero attached hydrogens (tertiary/aromatic N) is 1. The molecule has 2 saturated heterocycles. The van der Waals surface area contributed by atoms with Crippen LogP contribution in [0.4, 0.5) is 5.69 Å². The van der Waals surface area contributed by atoms with E-state index in [0.717, 1.165) is 27.7 Å². The second-order valence-electron chi connectivity index (χ2n) is 9.69. The summed E-state index contributed by atoms with van der Waals surface area (Å²) in [5.41, 5.74) is 3.13. The van der Waals surface area contributed by atoms with Gasteiger partial charge in [-0.2, -0.15) is 0 Å². The average molecular weight is 427 g/mol. The third kappa shape index (κ3) is 2.19. The van der Waals surface area contributed by atoms with E-state index in [1.807, 2.05) is 48.7 Å². The standard InChI is InChI=1S/C26H26N4O2/c1-4-25(2,3)26-13-20-22(31)29-21(16-14-27-18-11-7-5-9-15(16)18)23(32)30(20)24(26)28-19-12-8-6-10-17(19)26/h4-12,14,20-21,24,27-28H,1,13H2,2-3H3,(H,29,31)/t20-,21-,24-,26+/m0/s1. The highest BCUT2D eigenvalue weighted by molar-refractivity contribution is 6.01. The number of anilines is 1. The van der Waals surface area contributed by atoms with Crippen LogP contribution in [0.2, 0.25) is 0 Å². The Hall–Kier alpha value is -3.54. The van der Waals surface area contributed by atoms with Crippen molar-refractivity contribution in [2.45, 2.75) is 43.9 Å². The lowest BCUT2D eigenvalue weighted by atomic mass is 9.60. The second kappa shape index (κ2) is 6.25. The fraction of sp³-hybridized carbons (Fsp3) is 0.308. The van der Waals surface area contributed by atoms with Crippen molar-refractivity contribution in [3.8, 4) is 0 Å². The number of benzene rings is 2. The first-order valence-electron chi connectivity index (χ1n) is 11.1. The number of hydrogen-bond acceptors (Lipinski definition) is 3. The lowest BCUT2D eigenvalue weighted by molar-refractivity contribution is -0.149. The Bertz CT molecular complexity index is 1290. The van der Waals surface area contributed by atoms with Gasteiger partial charge in [-0.1, -0.05) is 56.3 Å². The SMILES string of the molecule is C=CC(C)(C)[C@@]12C[C@H]3C(=O)N[C@@H](c4c[nH]c5ccccc45)C(=O)N3[C@@H]1Nc1ccccc12. The summed E-state index contributed by atoms with van der Waals surface area (Å²) in [6.45, 7) is 8.41. The molecule has 3 N–H and O–H groups in total. The zero-order valence-corrected chi connectivity index (χ0v) is 18.2. The predicted octanol–water partition coefficient (Wildman–Crippen LogP) is 3.84. The first-order chi connectivity index (χ1) is 15.4. The fourth-order valence-corrected chi connectivity index (χ4v) is 6.16. The van der Waals surface area contributed by atoms with Crippen molar-refractivity contribution >= 4 is 28.4 Å². The summed E-state index contributed by atoms with van der Waals surface area (Å²) in [5, 5.41) is 7.58. The molecule has 0 spiro atoms. The number of piperazine rings is 1. The van der Waals surface area contributed by atoms with Crippen LogP contribution in [0.5, 0.6) is 0 Å². The molecular formula is C26H26N4O2. The number of rotatable bonds is 3. The van der Waals surface area contributed by atoms with Gasteiger partial charge >= 0.3 is 0 Å². The van der Waals surface area contributed by atoms with Gasteiger partial charge in [0.15, 0.2) is 0 Å². The van der Waals surface area contributed by atoms with E-state index < -0.39 is 17.5 Å².